The molecule has 0 saturated carbocycles. The van der Waals surface area contributed by atoms with E-state index in [-0.39, 0.29) is 11.9 Å². The molecule has 0 unspecified atom stereocenters. The maximum absolute atomic E-state index is 12.7. The standard InChI is InChI=1S/C23H32N4O/c1-4-19-8-10-20(11-9-19)23(18(2)3)25-22(28)17-26-13-15-27(16-14-26)21-7-5-6-12-24-21/h5-12,18,23H,4,13-17H2,1-3H3,(H,25,28)/t23-/m1/s1. The zero-order valence-electron chi connectivity index (χ0n) is 17.3. The molecule has 28 heavy (non-hydrogen) atoms. The van der Waals surface area contributed by atoms with Crippen molar-refractivity contribution in [2.24, 2.45) is 5.92 Å². The van der Waals surface area contributed by atoms with Crippen LogP contribution in [-0.2, 0) is 11.2 Å². The summed E-state index contributed by atoms with van der Waals surface area (Å²) >= 11 is 0. The number of hydrogen-bond acceptors (Lipinski definition) is 4. The SMILES string of the molecule is CCc1ccc([C@H](NC(=O)CN2CCN(c3ccccn3)CC2)C(C)C)cc1. The van der Waals surface area contributed by atoms with Crippen LogP contribution in [0, 0.1) is 5.92 Å². The zero-order chi connectivity index (χ0) is 19.9. The minimum absolute atomic E-state index is 0.0493. The van der Waals surface area contributed by atoms with Gasteiger partial charge in [0.2, 0.25) is 5.91 Å². The fourth-order valence-corrected chi connectivity index (χ4v) is 3.69. The molecular formula is C23H32N4O. The topological polar surface area (TPSA) is 48.5 Å². The van der Waals surface area contributed by atoms with E-state index in [2.05, 4.69) is 65.1 Å². The van der Waals surface area contributed by atoms with Gasteiger partial charge in [-0.2, -0.15) is 0 Å². The van der Waals surface area contributed by atoms with Crippen molar-refractivity contribution in [3.05, 3.63) is 59.8 Å². The number of rotatable bonds is 7. The zero-order valence-corrected chi connectivity index (χ0v) is 17.3. The van der Waals surface area contributed by atoms with Gasteiger partial charge in [-0.25, -0.2) is 4.98 Å². The minimum Gasteiger partial charge on any atom is -0.354 e. The Morgan fingerprint density at radius 3 is 2.36 bits per heavy atom. The molecule has 1 atom stereocenters. The lowest BCUT2D eigenvalue weighted by Gasteiger charge is -2.35. The van der Waals surface area contributed by atoms with Crippen LogP contribution in [0.15, 0.2) is 48.7 Å². The van der Waals surface area contributed by atoms with Gasteiger partial charge < -0.3 is 10.2 Å². The van der Waals surface area contributed by atoms with Gasteiger partial charge in [-0.15, -0.1) is 0 Å². The first kappa shape index (κ1) is 20.3. The normalized spacial score (nSPS) is 16.2. The summed E-state index contributed by atoms with van der Waals surface area (Å²) in [5.74, 6) is 1.46. The van der Waals surface area contributed by atoms with Gasteiger partial charge in [-0.05, 0) is 35.6 Å². The molecule has 0 spiro atoms. The maximum Gasteiger partial charge on any atom is 0.234 e. The van der Waals surface area contributed by atoms with E-state index in [4.69, 9.17) is 0 Å². The first-order chi connectivity index (χ1) is 13.6. The lowest BCUT2D eigenvalue weighted by atomic mass is 9.95. The molecule has 1 aromatic carbocycles. The average molecular weight is 381 g/mol. The summed E-state index contributed by atoms with van der Waals surface area (Å²) in [6.45, 7) is 10.5. The van der Waals surface area contributed by atoms with Crippen molar-refractivity contribution in [2.75, 3.05) is 37.6 Å². The average Bonchev–Trinajstić information content (AvgIpc) is 2.73. The second kappa shape index (κ2) is 9.69. The number of nitrogens with zero attached hydrogens (tertiary/aromatic N) is 3. The van der Waals surface area contributed by atoms with E-state index in [0.717, 1.165) is 38.4 Å². The Morgan fingerprint density at radius 1 is 1.07 bits per heavy atom. The molecule has 0 aliphatic carbocycles. The van der Waals surface area contributed by atoms with Crippen LogP contribution in [0.25, 0.3) is 0 Å². The van der Waals surface area contributed by atoms with Gasteiger partial charge in [0.25, 0.3) is 0 Å². The van der Waals surface area contributed by atoms with Gasteiger partial charge in [-0.3, -0.25) is 9.69 Å². The lowest BCUT2D eigenvalue weighted by Crippen LogP contribution is -2.50. The number of aryl methyl sites for hydroxylation is 1. The number of hydrogen-bond donors (Lipinski definition) is 1. The highest BCUT2D eigenvalue weighted by molar-refractivity contribution is 5.78. The molecule has 2 aromatic rings. The van der Waals surface area contributed by atoms with Crippen LogP contribution >= 0.6 is 0 Å². The van der Waals surface area contributed by atoms with Crippen LogP contribution in [-0.4, -0.2) is 48.5 Å². The quantitative estimate of drug-likeness (QED) is 0.801. The second-order valence-corrected chi connectivity index (χ2v) is 7.84. The number of carbonyl (C=O) groups is 1. The van der Waals surface area contributed by atoms with Gasteiger partial charge in [0, 0.05) is 32.4 Å². The number of anilines is 1. The molecular weight excluding hydrogens is 348 g/mol. The number of nitrogens with one attached hydrogen (secondary N) is 1. The second-order valence-electron chi connectivity index (χ2n) is 7.84. The number of carbonyl (C=O) groups excluding carboxylic acids is 1. The number of pyridine rings is 1. The molecule has 5 heteroatoms. The third-order valence-electron chi connectivity index (χ3n) is 5.44. The predicted molar refractivity (Wildman–Crippen MR) is 114 cm³/mol. The van der Waals surface area contributed by atoms with E-state index in [9.17, 15) is 4.79 Å². The van der Waals surface area contributed by atoms with Crippen LogP contribution < -0.4 is 10.2 Å². The van der Waals surface area contributed by atoms with Gasteiger partial charge in [0.1, 0.15) is 5.82 Å². The van der Waals surface area contributed by atoms with Gasteiger partial charge >= 0.3 is 0 Å². The maximum atomic E-state index is 12.7. The summed E-state index contributed by atoms with van der Waals surface area (Å²) in [4.78, 5) is 21.6. The van der Waals surface area contributed by atoms with Crippen molar-refractivity contribution < 1.29 is 4.79 Å². The summed E-state index contributed by atoms with van der Waals surface area (Å²) in [5, 5.41) is 3.25. The predicted octanol–water partition coefficient (Wildman–Crippen LogP) is 3.28. The fraction of sp³-hybridized carbons (Fsp3) is 0.478. The molecule has 1 N–H and O–H groups in total. The molecule has 2 heterocycles. The Bertz CT molecular complexity index is 737. The monoisotopic (exact) mass is 380 g/mol. The largest absolute Gasteiger partial charge is 0.354 e. The van der Waals surface area contributed by atoms with E-state index in [1.54, 1.807) is 0 Å². The summed E-state index contributed by atoms with van der Waals surface area (Å²) in [6, 6.07) is 14.7. The number of amides is 1. The Hall–Kier alpha value is -2.40. The Morgan fingerprint density at radius 2 is 1.79 bits per heavy atom. The number of aromatic nitrogens is 1. The Kier molecular flexibility index (Phi) is 7.04. The molecule has 3 rings (SSSR count). The molecule has 5 nitrogen and oxygen atoms in total. The third kappa shape index (κ3) is 5.32. The van der Waals surface area contributed by atoms with Gasteiger partial charge in [-0.1, -0.05) is 51.1 Å². The highest BCUT2D eigenvalue weighted by Gasteiger charge is 2.22. The molecule has 150 valence electrons. The highest BCUT2D eigenvalue weighted by atomic mass is 16.2. The summed E-state index contributed by atoms with van der Waals surface area (Å²) in [7, 11) is 0. The van der Waals surface area contributed by atoms with Crippen LogP contribution in [0.5, 0.6) is 0 Å². The highest BCUT2D eigenvalue weighted by Crippen LogP contribution is 2.22. The molecule has 1 fully saturated rings. The summed E-state index contributed by atoms with van der Waals surface area (Å²) in [6.07, 6.45) is 2.86. The third-order valence-corrected chi connectivity index (χ3v) is 5.44. The van der Waals surface area contributed by atoms with Crippen molar-refractivity contribution in [1.82, 2.24) is 15.2 Å². The van der Waals surface area contributed by atoms with Gasteiger partial charge in [0.15, 0.2) is 0 Å². The van der Waals surface area contributed by atoms with Crippen molar-refractivity contribution in [3.63, 3.8) is 0 Å². The van der Waals surface area contributed by atoms with Crippen LogP contribution in [0.1, 0.15) is 37.9 Å². The first-order valence-corrected chi connectivity index (χ1v) is 10.3. The Labute approximate surface area is 168 Å². The molecule has 0 bridgehead atoms. The number of benzene rings is 1. The van der Waals surface area contributed by atoms with Crippen molar-refractivity contribution in [3.8, 4) is 0 Å². The van der Waals surface area contributed by atoms with E-state index >= 15 is 0 Å². The number of piperazine rings is 1. The van der Waals surface area contributed by atoms with Crippen molar-refractivity contribution in [2.45, 2.75) is 33.2 Å². The fourth-order valence-electron chi connectivity index (χ4n) is 3.69. The van der Waals surface area contributed by atoms with Crippen LogP contribution in [0.3, 0.4) is 0 Å². The minimum atomic E-state index is 0.0493. The van der Waals surface area contributed by atoms with Gasteiger partial charge in [0.05, 0.1) is 12.6 Å². The Balaban J connectivity index is 1.52. The summed E-state index contributed by atoms with van der Waals surface area (Å²) in [5.41, 5.74) is 2.50. The van der Waals surface area contributed by atoms with E-state index in [0.29, 0.717) is 12.5 Å². The first-order valence-electron chi connectivity index (χ1n) is 10.3. The molecule has 1 saturated heterocycles. The summed E-state index contributed by atoms with van der Waals surface area (Å²) < 4.78 is 0. The smallest absolute Gasteiger partial charge is 0.234 e. The molecule has 1 aliphatic rings. The van der Waals surface area contributed by atoms with E-state index < -0.39 is 0 Å². The van der Waals surface area contributed by atoms with E-state index in [1.807, 2.05) is 24.4 Å². The lowest BCUT2D eigenvalue weighted by molar-refractivity contribution is -0.123. The van der Waals surface area contributed by atoms with Crippen LogP contribution in [0.4, 0.5) is 5.82 Å². The van der Waals surface area contributed by atoms with E-state index in [1.165, 1.54) is 11.1 Å². The van der Waals surface area contributed by atoms with Crippen molar-refractivity contribution >= 4 is 11.7 Å². The van der Waals surface area contributed by atoms with Crippen molar-refractivity contribution in [1.29, 1.82) is 0 Å². The molecule has 1 aliphatic heterocycles. The van der Waals surface area contributed by atoms with Crippen LogP contribution in [0.2, 0.25) is 0 Å². The molecule has 1 amide bonds. The molecule has 1 aromatic heterocycles. The molecule has 0 radical (unpaired) electrons.